The van der Waals surface area contributed by atoms with Crippen LogP contribution in [0.1, 0.15) is 16.7 Å². The molecule has 1 atom stereocenters. The van der Waals surface area contributed by atoms with Gasteiger partial charge in [0.15, 0.2) is 0 Å². The van der Waals surface area contributed by atoms with E-state index in [2.05, 4.69) is 4.90 Å². The van der Waals surface area contributed by atoms with Crippen LogP contribution in [0, 0.1) is 5.82 Å². The number of nitrogens with zero attached hydrogens (tertiary/aromatic N) is 1. The number of aliphatic hydroxyl groups is 1. The van der Waals surface area contributed by atoms with Crippen LogP contribution in [0.5, 0.6) is 0 Å². The fraction of sp³-hybridized carbons (Fsp3) is 0.294. The molecule has 20 heavy (non-hydrogen) atoms. The summed E-state index contributed by atoms with van der Waals surface area (Å²) in [5, 5.41) is 11.1. The van der Waals surface area contributed by atoms with Crippen LogP contribution in [0.15, 0.2) is 48.5 Å². The molecule has 2 aromatic rings. The largest absolute Gasteiger partial charge is 0.383 e. The molecule has 0 saturated heterocycles. The quantitative estimate of drug-likeness (QED) is 0.908. The highest BCUT2D eigenvalue weighted by Crippen LogP contribution is 2.34. The Bertz CT molecular complexity index is 628. The SMILES string of the molecule is CN1Cc2ccccc2C(O)(Cc2ccccc2F)C1. The van der Waals surface area contributed by atoms with E-state index in [0.29, 0.717) is 18.5 Å². The predicted octanol–water partition coefficient (Wildman–Crippen LogP) is 2.70. The predicted molar refractivity (Wildman–Crippen MR) is 76.8 cm³/mol. The number of rotatable bonds is 2. The molecule has 1 unspecified atom stereocenters. The van der Waals surface area contributed by atoms with Crippen LogP contribution in [-0.4, -0.2) is 23.6 Å². The van der Waals surface area contributed by atoms with Gasteiger partial charge < -0.3 is 5.11 Å². The third kappa shape index (κ3) is 2.35. The Morgan fingerprint density at radius 2 is 1.85 bits per heavy atom. The number of hydrogen-bond acceptors (Lipinski definition) is 2. The van der Waals surface area contributed by atoms with Gasteiger partial charge in [-0.15, -0.1) is 0 Å². The average molecular weight is 271 g/mol. The first-order valence-corrected chi connectivity index (χ1v) is 6.81. The first-order chi connectivity index (χ1) is 9.58. The van der Waals surface area contributed by atoms with Crippen molar-refractivity contribution in [2.45, 2.75) is 18.6 Å². The van der Waals surface area contributed by atoms with Gasteiger partial charge in [0.2, 0.25) is 0 Å². The van der Waals surface area contributed by atoms with Crippen LogP contribution in [0.2, 0.25) is 0 Å². The zero-order chi connectivity index (χ0) is 14.2. The number of likely N-dealkylation sites (N-methyl/N-ethyl adjacent to an activating group) is 1. The van der Waals surface area contributed by atoms with E-state index in [1.807, 2.05) is 31.3 Å². The summed E-state index contributed by atoms with van der Waals surface area (Å²) in [6.45, 7) is 1.33. The van der Waals surface area contributed by atoms with Crippen molar-refractivity contribution >= 4 is 0 Å². The molecule has 0 fully saturated rings. The number of halogens is 1. The van der Waals surface area contributed by atoms with Gasteiger partial charge in [-0.05, 0) is 29.8 Å². The first-order valence-electron chi connectivity index (χ1n) is 6.81. The molecule has 0 aromatic heterocycles. The van der Waals surface area contributed by atoms with Crippen molar-refractivity contribution in [3.05, 3.63) is 71.0 Å². The summed E-state index contributed by atoms with van der Waals surface area (Å²) in [6.07, 6.45) is 0.293. The molecule has 0 bridgehead atoms. The molecule has 3 heteroatoms. The minimum absolute atomic E-state index is 0.258. The smallest absolute Gasteiger partial charge is 0.126 e. The van der Waals surface area contributed by atoms with E-state index < -0.39 is 5.60 Å². The minimum atomic E-state index is -1.04. The van der Waals surface area contributed by atoms with E-state index in [1.54, 1.807) is 18.2 Å². The third-order valence-electron chi connectivity index (χ3n) is 3.93. The highest BCUT2D eigenvalue weighted by molar-refractivity contribution is 5.37. The van der Waals surface area contributed by atoms with Crippen LogP contribution in [-0.2, 0) is 18.6 Å². The summed E-state index contributed by atoms with van der Waals surface area (Å²) in [4.78, 5) is 2.07. The van der Waals surface area contributed by atoms with Crippen molar-refractivity contribution in [2.24, 2.45) is 0 Å². The minimum Gasteiger partial charge on any atom is -0.383 e. The van der Waals surface area contributed by atoms with Gasteiger partial charge in [0.05, 0.1) is 0 Å². The van der Waals surface area contributed by atoms with Gasteiger partial charge in [0.25, 0.3) is 0 Å². The van der Waals surface area contributed by atoms with Crippen molar-refractivity contribution < 1.29 is 9.50 Å². The van der Waals surface area contributed by atoms with E-state index in [9.17, 15) is 9.50 Å². The summed E-state index contributed by atoms with van der Waals surface area (Å²) in [5.41, 5.74) is 1.55. The molecule has 1 heterocycles. The Labute approximate surface area is 118 Å². The Balaban J connectivity index is 2.01. The lowest BCUT2D eigenvalue weighted by atomic mass is 9.81. The fourth-order valence-electron chi connectivity index (χ4n) is 3.10. The van der Waals surface area contributed by atoms with E-state index in [0.717, 1.165) is 17.7 Å². The second-order valence-corrected chi connectivity index (χ2v) is 5.63. The van der Waals surface area contributed by atoms with Crippen molar-refractivity contribution in [2.75, 3.05) is 13.6 Å². The van der Waals surface area contributed by atoms with Gasteiger partial charge >= 0.3 is 0 Å². The van der Waals surface area contributed by atoms with Crippen molar-refractivity contribution in [1.82, 2.24) is 4.90 Å². The lowest BCUT2D eigenvalue weighted by molar-refractivity contribution is -0.00905. The van der Waals surface area contributed by atoms with Gasteiger partial charge in [0, 0.05) is 19.5 Å². The van der Waals surface area contributed by atoms with E-state index in [1.165, 1.54) is 6.07 Å². The molecule has 1 N–H and O–H groups in total. The second-order valence-electron chi connectivity index (χ2n) is 5.63. The summed E-state index contributed by atoms with van der Waals surface area (Å²) < 4.78 is 13.9. The Morgan fingerprint density at radius 1 is 1.15 bits per heavy atom. The van der Waals surface area contributed by atoms with E-state index in [-0.39, 0.29) is 5.82 Å². The molecule has 1 aliphatic heterocycles. The lowest BCUT2D eigenvalue weighted by Crippen LogP contribution is -2.45. The maximum absolute atomic E-state index is 13.9. The summed E-state index contributed by atoms with van der Waals surface area (Å²) >= 11 is 0. The van der Waals surface area contributed by atoms with Crippen molar-refractivity contribution in [1.29, 1.82) is 0 Å². The molecule has 0 aliphatic carbocycles. The third-order valence-corrected chi connectivity index (χ3v) is 3.93. The molecular formula is C17H18FNO. The zero-order valence-electron chi connectivity index (χ0n) is 11.5. The Hall–Kier alpha value is -1.71. The monoisotopic (exact) mass is 271 g/mol. The van der Waals surface area contributed by atoms with Crippen LogP contribution in [0.4, 0.5) is 4.39 Å². The van der Waals surface area contributed by atoms with Gasteiger partial charge in [-0.1, -0.05) is 42.5 Å². The fourth-order valence-corrected chi connectivity index (χ4v) is 3.10. The standard InChI is InChI=1S/C17H18FNO/c1-19-11-14-7-2-4-8-15(14)17(20,12-19)10-13-6-3-5-9-16(13)18/h2-9,20H,10-12H2,1H3. The van der Waals surface area contributed by atoms with Gasteiger partial charge in [-0.25, -0.2) is 4.39 Å². The molecular weight excluding hydrogens is 253 g/mol. The topological polar surface area (TPSA) is 23.5 Å². The second kappa shape index (κ2) is 5.00. The lowest BCUT2D eigenvalue weighted by Gasteiger charge is -2.39. The van der Waals surface area contributed by atoms with Crippen LogP contribution < -0.4 is 0 Å². The molecule has 0 radical (unpaired) electrons. The Kier molecular flexibility index (Phi) is 3.32. The van der Waals surface area contributed by atoms with Crippen molar-refractivity contribution in [3.8, 4) is 0 Å². The van der Waals surface area contributed by atoms with Crippen LogP contribution in [0.25, 0.3) is 0 Å². The summed E-state index contributed by atoms with van der Waals surface area (Å²) in [6, 6.07) is 14.5. The molecule has 0 amide bonds. The number of β-amino-alcohol motifs (C(OH)–C–C–N with tert-alkyl or cyclic N) is 1. The van der Waals surface area contributed by atoms with E-state index in [4.69, 9.17) is 0 Å². The molecule has 0 spiro atoms. The Morgan fingerprint density at radius 3 is 2.65 bits per heavy atom. The highest BCUT2D eigenvalue weighted by Gasteiger charge is 2.37. The summed E-state index contributed by atoms with van der Waals surface area (Å²) in [7, 11) is 1.97. The van der Waals surface area contributed by atoms with Crippen LogP contribution in [0.3, 0.4) is 0 Å². The molecule has 2 nitrogen and oxygen atoms in total. The van der Waals surface area contributed by atoms with E-state index >= 15 is 0 Å². The van der Waals surface area contributed by atoms with Gasteiger partial charge in [-0.3, -0.25) is 4.90 Å². The van der Waals surface area contributed by atoms with Gasteiger partial charge in [-0.2, -0.15) is 0 Å². The van der Waals surface area contributed by atoms with Crippen molar-refractivity contribution in [3.63, 3.8) is 0 Å². The maximum Gasteiger partial charge on any atom is 0.126 e. The average Bonchev–Trinajstić information content (AvgIpc) is 2.41. The zero-order valence-corrected chi connectivity index (χ0v) is 11.5. The van der Waals surface area contributed by atoms with Crippen LogP contribution >= 0.6 is 0 Å². The number of hydrogen-bond donors (Lipinski definition) is 1. The number of benzene rings is 2. The molecule has 1 aliphatic rings. The maximum atomic E-state index is 13.9. The highest BCUT2D eigenvalue weighted by atomic mass is 19.1. The van der Waals surface area contributed by atoms with Gasteiger partial charge in [0.1, 0.15) is 11.4 Å². The summed E-state index contributed by atoms with van der Waals surface area (Å²) in [5.74, 6) is -0.258. The first kappa shape index (κ1) is 13.3. The molecule has 0 saturated carbocycles. The normalized spacial score (nSPS) is 22.6. The number of fused-ring (bicyclic) bond motifs is 1. The molecule has 3 rings (SSSR count). The molecule has 2 aromatic carbocycles. The molecule has 104 valence electrons.